The SMILES string of the molecule is CC.C[N+](C)(C)c1ccc(C(=O)Oc2c(F)c(F)cc(F)c2F)cn1.C[N+](C)(C)c1ccc(C(=O)Oc2c(F)c(F)cc(F)c2F)cn1.O=C(O)c1ccc(Cl)nc1.O=C(Oc1c(F)c(F)cc(F)c1F)c1ccc(Cl)nc1.O=S(=O)([O-])C(F)(F)F.[2H]C#C.[Cl-]. The predicted octanol–water partition coefficient (Wildman–Crippen LogP) is 9.38. The number of halogens is 18. The molecule has 0 aliphatic rings. The van der Waals surface area contributed by atoms with Gasteiger partial charge in [-0.25, -0.2) is 73.9 Å². The van der Waals surface area contributed by atoms with Gasteiger partial charge in [0.2, 0.25) is 63.8 Å². The van der Waals surface area contributed by atoms with Crippen LogP contribution >= 0.6 is 23.2 Å². The van der Waals surface area contributed by atoms with Crippen LogP contribution in [-0.4, -0.2) is 110 Å². The van der Waals surface area contributed by atoms with Crippen molar-refractivity contribution in [3.05, 3.63) is 194 Å². The molecule has 89 heavy (non-hydrogen) atoms. The lowest BCUT2D eigenvalue weighted by Crippen LogP contribution is -3.00. The standard InChI is InChI=1S/2C15H13F4N2O2.C12H4ClF4NO2.C6H4ClNO2.C2H6.C2H2.CHF3O3S.ClH/c2*1-21(2,3)11-5-4-8(7-20-11)15(22)23-14-12(18)9(16)6-10(17)13(14)19;13-8-2-1-5(4-18-8)12(19)20-11-9(16)6(14)3-7(15)10(11)17;7-5-2-1-4(3-8-5)6(9)10;2*1-2;2-1(3,4)8(5,6)7;/h2*4-7H,1-3H3;1-4H;1-3H,(H,9,10);1-2H3;1-2H;(H,5,6,7);1H/q2*+1;;;;;;/p-2/i;;;;;1D;;. The lowest BCUT2D eigenvalue weighted by molar-refractivity contribution is -0.0518. The minimum absolute atomic E-state index is 0. The highest BCUT2D eigenvalue weighted by Gasteiger charge is 2.37. The molecular formula is C53H42Cl3F15N6O11S. The number of carbonyl (C=O) groups is 4. The van der Waals surface area contributed by atoms with Crippen molar-refractivity contribution in [2.45, 2.75) is 19.4 Å². The van der Waals surface area contributed by atoms with Crippen LogP contribution in [0.4, 0.5) is 77.5 Å². The number of esters is 3. The number of hydrogen-bond donors (Lipinski definition) is 1. The van der Waals surface area contributed by atoms with Crippen LogP contribution in [0, 0.1) is 82.6 Å². The molecule has 4 aromatic heterocycles. The lowest BCUT2D eigenvalue weighted by Gasteiger charge is -2.21. The van der Waals surface area contributed by atoms with Crippen molar-refractivity contribution in [2.24, 2.45) is 0 Å². The maximum atomic E-state index is 13.5. The molecule has 4 heterocycles. The molecule has 1 N–H and O–H groups in total. The molecule has 0 aliphatic carbocycles. The second-order valence-electron chi connectivity index (χ2n) is 17.3. The quantitative estimate of drug-likeness (QED) is 0.0164. The van der Waals surface area contributed by atoms with Gasteiger partial charge in [-0.3, -0.25) is 8.97 Å². The van der Waals surface area contributed by atoms with Gasteiger partial charge in [0.15, 0.2) is 45.0 Å². The number of ether oxygens (including phenoxy) is 3. The van der Waals surface area contributed by atoms with E-state index in [-0.39, 0.29) is 58.0 Å². The predicted molar refractivity (Wildman–Crippen MR) is 284 cm³/mol. The van der Waals surface area contributed by atoms with Gasteiger partial charge in [-0.1, -0.05) is 37.0 Å². The van der Waals surface area contributed by atoms with Crippen LogP contribution in [0.1, 0.15) is 56.7 Å². The van der Waals surface area contributed by atoms with Gasteiger partial charge in [-0.15, -0.1) is 12.8 Å². The smallest absolute Gasteiger partial charge is 0.485 e. The van der Waals surface area contributed by atoms with Crippen molar-refractivity contribution in [1.82, 2.24) is 28.9 Å². The van der Waals surface area contributed by atoms with E-state index in [1.54, 1.807) is 0 Å². The van der Waals surface area contributed by atoms with Crippen LogP contribution in [0.5, 0.6) is 17.2 Å². The van der Waals surface area contributed by atoms with E-state index in [2.05, 4.69) is 40.6 Å². The third-order valence-corrected chi connectivity index (χ3v) is 10.4. The van der Waals surface area contributed by atoms with Crippen molar-refractivity contribution < 1.29 is 131 Å². The van der Waals surface area contributed by atoms with Crippen LogP contribution in [0.25, 0.3) is 0 Å². The van der Waals surface area contributed by atoms with Gasteiger partial charge in [0, 0.05) is 55.1 Å². The molecule has 7 rings (SSSR count). The number of terminal acetylenes is 1. The van der Waals surface area contributed by atoms with E-state index in [0.717, 1.165) is 18.6 Å². The zero-order valence-corrected chi connectivity index (χ0v) is 49.2. The molecule has 0 fully saturated rings. The Labute approximate surface area is 512 Å². The van der Waals surface area contributed by atoms with E-state index >= 15 is 0 Å². The number of benzene rings is 3. The summed E-state index contributed by atoms with van der Waals surface area (Å²) in [5, 5.41) is 8.77. The highest BCUT2D eigenvalue weighted by molar-refractivity contribution is 7.86. The Morgan fingerprint density at radius 2 is 0.719 bits per heavy atom. The third kappa shape index (κ3) is 24.1. The number of rotatable bonds is 9. The number of nitrogens with zero attached hydrogens (tertiary/aromatic N) is 6. The summed E-state index contributed by atoms with van der Waals surface area (Å²) in [7, 11) is 5.00. The van der Waals surface area contributed by atoms with Gasteiger partial charge in [0.1, 0.15) is 11.7 Å². The topological polar surface area (TPSA) is 225 Å². The van der Waals surface area contributed by atoms with Gasteiger partial charge in [0.05, 0.1) is 64.5 Å². The number of carboxylic acid groups (broad SMARTS) is 1. The molecule has 0 aliphatic heterocycles. The van der Waals surface area contributed by atoms with E-state index in [0.29, 0.717) is 25.8 Å². The Hall–Kier alpha value is -8.65. The first-order valence-corrected chi connectivity index (χ1v) is 25.2. The highest BCUT2D eigenvalue weighted by atomic mass is 35.5. The number of alkyl halides is 3. The second-order valence-corrected chi connectivity index (χ2v) is 19.5. The number of hydrogen-bond acceptors (Lipinski definition) is 14. The van der Waals surface area contributed by atoms with Crippen molar-refractivity contribution in [3.8, 4) is 30.1 Å². The average Bonchev–Trinajstić information content (AvgIpc) is 0.882. The maximum absolute atomic E-state index is 13.5. The van der Waals surface area contributed by atoms with Crippen molar-refractivity contribution in [3.63, 3.8) is 0 Å². The van der Waals surface area contributed by atoms with Gasteiger partial charge in [0.25, 0.3) is 0 Å². The summed E-state index contributed by atoms with van der Waals surface area (Å²) in [4.78, 5) is 60.7. The lowest BCUT2D eigenvalue weighted by atomic mass is 10.2. The molecule has 17 nitrogen and oxygen atoms in total. The van der Waals surface area contributed by atoms with Crippen molar-refractivity contribution in [2.75, 3.05) is 42.3 Å². The molecule has 0 atom stereocenters. The number of carbonyl (C=O) groups excluding carboxylic acids is 3. The monoisotopic (exact) mass is 1360 g/mol. The molecule has 0 radical (unpaired) electrons. The van der Waals surface area contributed by atoms with E-state index in [4.69, 9.17) is 42.6 Å². The number of carboxylic acids is 1. The summed E-state index contributed by atoms with van der Waals surface area (Å²) >= 11 is 10.9. The molecule has 7 aromatic rings. The number of pyridine rings is 4. The number of quaternary nitrogens is 2. The zero-order chi connectivity index (χ0) is 68.9. The van der Waals surface area contributed by atoms with E-state index in [1.165, 1.54) is 61.1 Å². The number of aromatic carboxylic acids is 1. The summed E-state index contributed by atoms with van der Waals surface area (Å²) in [6.07, 6.45) is 10.3. The average molecular weight is 1360 g/mol. The summed E-state index contributed by atoms with van der Waals surface area (Å²) in [6, 6.07) is 11.0. The minimum atomic E-state index is -6.09. The fraction of sp³-hybridized carbons (Fsp3) is 0.170. The Morgan fingerprint density at radius 3 is 0.888 bits per heavy atom. The largest absolute Gasteiger partial charge is 1.00 e. The zero-order valence-electron chi connectivity index (χ0n) is 47.2. The van der Waals surface area contributed by atoms with Gasteiger partial charge >= 0.3 is 29.4 Å². The Kier molecular flexibility index (Phi) is 30.6. The van der Waals surface area contributed by atoms with E-state index in [1.807, 2.05) is 56.1 Å². The Bertz CT molecular complexity index is 3570. The first-order chi connectivity index (χ1) is 41.0. The molecular weight excluding hydrogens is 1320 g/mol. The summed E-state index contributed by atoms with van der Waals surface area (Å²) in [5.41, 5.74) is -5.94. The summed E-state index contributed by atoms with van der Waals surface area (Å²) < 4.78 is 237. The summed E-state index contributed by atoms with van der Waals surface area (Å²) in [6.45, 7) is 4.00. The van der Waals surface area contributed by atoms with Gasteiger partial charge < -0.3 is 36.3 Å². The van der Waals surface area contributed by atoms with Gasteiger partial charge in [-0.05, 0) is 36.4 Å². The maximum Gasteiger partial charge on any atom is 0.485 e. The molecule has 3 aromatic carbocycles. The van der Waals surface area contributed by atoms with E-state index in [9.17, 15) is 85.0 Å². The molecule has 0 saturated carbocycles. The van der Waals surface area contributed by atoms with Crippen molar-refractivity contribution in [1.29, 1.82) is 0 Å². The number of aromatic nitrogens is 4. The van der Waals surface area contributed by atoms with Crippen LogP contribution in [0.2, 0.25) is 10.3 Å². The van der Waals surface area contributed by atoms with Crippen LogP contribution in [0.15, 0.2) is 91.5 Å². The normalized spacial score (nSPS) is 10.7. The van der Waals surface area contributed by atoms with Crippen LogP contribution in [-0.2, 0) is 10.1 Å². The fourth-order valence-corrected chi connectivity index (χ4v) is 5.41. The second kappa shape index (κ2) is 34.8. The Morgan fingerprint density at radius 1 is 0.506 bits per heavy atom. The third-order valence-electron chi connectivity index (χ3n) is 9.36. The fourth-order valence-electron chi connectivity index (χ4n) is 5.18. The van der Waals surface area contributed by atoms with Crippen molar-refractivity contribution >= 4 is 68.8 Å². The molecule has 0 spiro atoms. The molecule has 0 bridgehead atoms. The van der Waals surface area contributed by atoms with Gasteiger partial charge in [-0.2, -0.15) is 39.5 Å². The van der Waals surface area contributed by atoms with Crippen LogP contribution in [0.3, 0.4) is 0 Å². The Balaban J connectivity index is 0.00000112. The molecule has 0 unspecified atom stereocenters. The molecule has 482 valence electrons. The molecule has 36 heteroatoms. The summed E-state index contributed by atoms with van der Waals surface area (Å²) in [5.74, 6) is -28.4. The highest BCUT2D eigenvalue weighted by Crippen LogP contribution is 2.30. The minimum Gasteiger partial charge on any atom is -1.00 e. The first-order valence-electron chi connectivity index (χ1n) is 23.6. The molecule has 0 saturated heterocycles. The molecule has 0 amide bonds. The first kappa shape index (κ1) is 78.4. The van der Waals surface area contributed by atoms with E-state index < -0.39 is 127 Å². The van der Waals surface area contributed by atoms with Crippen LogP contribution < -0.4 is 35.6 Å².